The fourth-order valence-corrected chi connectivity index (χ4v) is 2.61. The summed E-state index contributed by atoms with van der Waals surface area (Å²) in [5, 5.41) is 8.99. The van der Waals surface area contributed by atoms with Gasteiger partial charge < -0.3 is 10.0 Å². The first-order valence-corrected chi connectivity index (χ1v) is 5.97. The van der Waals surface area contributed by atoms with E-state index < -0.39 is 11.9 Å². The summed E-state index contributed by atoms with van der Waals surface area (Å²) in [6.45, 7) is 2.37. The Hall–Kier alpha value is -1.58. The van der Waals surface area contributed by atoms with E-state index in [1.807, 2.05) is 31.2 Å². The van der Waals surface area contributed by atoms with Gasteiger partial charge in [-0.3, -0.25) is 9.59 Å². The number of carbonyl (C=O) groups excluding carboxylic acids is 1. The van der Waals surface area contributed by atoms with E-state index >= 15 is 0 Å². The number of hydrogen-bond donors (Lipinski definition) is 1. The van der Waals surface area contributed by atoms with Gasteiger partial charge in [-0.05, 0) is 12.8 Å². The molecule has 1 fully saturated rings. The second kappa shape index (κ2) is 4.35. The normalized spacial score (nSPS) is 32.2. The number of nitrogens with zero attached hydrogens (tertiary/aromatic N) is 1. The summed E-state index contributed by atoms with van der Waals surface area (Å²) in [7, 11) is 0. The highest BCUT2D eigenvalue weighted by Crippen LogP contribution is 2.34. The Morgan fingerprint density at radius 1 is 1.59 bits per heavy atom. The molecule has 1 aliphatic carbocycles. The number of likely N-dealkylation sites (tertiary alicyclic amines) is 1. The Morgan fingerprint density at radius 3 is 2.82 bits per heavy atom. The maximum absolute atomic E-state index is 12.0. The van der Waals surface area contributed by atoms with Crippen molar-refractivity contribution in [3.8, 4) is 0 Å². The van der Waals surface area contributed by atoms with E-state index in [0.717, 1.165) is 12.8 Å². The molecule has 1 saturated heterocycles. The number of allylic oxidation sites excluding steroid dienone is 2. The average molecular weight is 235 g/mol. The second-order valence-corrected chi connectivity index (χ2v) is 4.69. The van der Waals surface area contributed by atoms with Crippen molar-refractivity contribution in [3.63, 3.8) is 0 Å². The van der Waals surface area contributed by atoms with Crippen LogP contribution >= 0.6 is 0 Å². The van der Waals surface area contributed by atoms with Crippen LogP contribution in [0.15, 0.2) is 24.3 Å². The highest BCUT2D eigenvalue weighted by Gasteiger charge is 2.43. The third-order valence-electron chi connectivity index (χ3n) is 3.75. The van der Waals surface area contributed by atoms with Crippen LogP contribution in [0.1, 0.15) is 26.2 Å². The van der Waals surface area contributed by atoms with Gasteiger partial charge in [0.2, 0.25) is 5.91 Å². The van der Waals surface area contributed by atoms with Crippen molar-refractivity contribution in [2.45, 2.75) is 31.7 Å². The Labute approximate surface area is 101 Å². The summed E-state index contributed by atoms with van der Waals surface area (Å²) >= 11 is 0. The lowest BCUT2D eigenvalue weighted by Gasteiger charge is -2.39. The molecule has 0 aromatic heterocycles. The fourth-order valence-electron chi connectivity index (χ4n) is 2.61. The molecule has 2 rings (SSSR count). The molecule has 0 unspecified atom stereocenters. The molecule has 4 heteroatoms. The summed E-state index contributed by atoms with van der Waals surface area (Å²) < 4.78 is 0. The summed E-state index contributed by atoms with van der Waals surface area (Å²) in [6, 6.07) is 0. The zero-order valence-corrected chi connectivity index (χ0v) is 9.93. The zero-order valence-electron chi connectivity index (χ0n) is 9.93. The molecular weight excluding hydrogens is 218 g/mol. The Balaban J connectivity index is 2.22. The molecule has 0 spiro atoms. The number of carboxylic acids is 1. The minimum Gasteiger partial charge on any atom is -0.481 e. The minimum absolute atomic E-state index is 0.0424. The highest BCUT2D eigenvalue weighted by molar-refractivity contribution is 5.86. The van der Waals surface area contributed by atoms with Gasteiger partial charge >= 0.3 is 5.97 Å². The summed E-state index contributed by atoms with van der Waals surface area (Å²) in [5.74, 6) is -1.47. The number of carbonyl (C=O) groups is 2. The van der Waals surface area contributed by atoms with E-state index in [0.29, 0.717) is 6.54 Å². The SMILES string of the molecule is CC[C@@]1(N2C[C@@H](C(=O)O)CC2=O)C=CC=CC1. The van der Waals surface area contributed by atoms with Gasteiger partial charge in [-0.15, -0.1) is 0 Å². The minimum atomic E-state index is -0.873. The van der Waals surface area contributed by atoms with Crippen molar-refractivity contribution >= 4 is 11.9 Å². The predicted molar refractivity (Wildman–Crippen MR) is 63.4 cm³/mol. The van der Waals surface area contributed by atoms with E-state index in [4.69, 9.17) is 5.11 Å². The molecule has 0 bridgehead atoms. The van der Waals surface area contributed by atoms with Crippen LogP contribution in [-0.4, -0.2) is 34.0 Å². The van der Waals surface area contributed by atoms with Crippen LogP contribution in [0.5, 0.6) is 0 Å². The molecule has 2 aliphatic rings. The Bertz CT molecular complexity index is 399. The first-order valence-electron chi connectivity index (χ1n) is 5.97. The van der Waals surface area contributed by atoms with Crippen molar-refractivity contribution < 1.29 is 14.7 Å². The van der Waals surface area contributed by atoms with Crippen LogP contribution < -0.4 is 0 Å². The van der Waals surface area contributed by atoms with E-state index in [2.05, 4.69) is 0 Å². The van der Waals surface area contributed by atoms with Gasteiger partial charge in [-0.2, -0.15) is 0 Å². The molecule has 1 heterocycles. The molecule has 2 atom stereocenters. The summed E-state index contributed by atoms with van der Waals surface area (Å²) in [5.41, 5.74) is -0.309. The fraction of sp³-hybridized carbons (Fsp3) is 0.538. The van der Waals surface area contributed by atoms with E-state index in [1.54, 1.807) is 4.90 Å². The van der Waals surface area contributed by atoms with Gasteiger partial charge in [-0.1, -0.05) is 31.2 Å². The topological polar surface area (TPSA) is 57.6 Å². The molecule has 1 N–H and O–H groups in total. The Kier molecular flexibility index (Phi) is 3.05. The average Bonchev–Trinajstić information content (AvgIpc) is 2.73. The van der Waals surface area contributed by atoms with Gasteiger partial charge in [0, 0.05) is 13.0 Å². The molecule has 1 amide bonds. The van der Waals surface area contributed by atoms with Crippen LogP contribution in [0.25, 0.3) is 0 Å². The van der Waals surface area contributed by atoms with Crippen LogP contribution in [-0.2, 0) is 9.59 Å². The zero-order chi connectivity index (χ0) is 12.5. The van der Waals surface area contributed by atoms with Gasteiger partial charge in [0.1, 0.15) is 0 Å². The summed E-state index contributed by atoms with van der Waals surface area (Å²) in [4.78, 5) is 24.7. The largest absolute Gasteiger partial charge is 0.481 e. The third kappa shape index (κ3) is 1.99. The quantitative estimate of drug-likeness (QED) is 0.808. The first kappa shape index (κ1) is 11.9. The lowest BCUT2D eigenvalue weighted by atomic mass is 9.87. The molecule has 0 saturated carbocycles. The van der Waals surface area contributed by atoms with Crippen molar-refractivity contribution in [3.05, 3.63) is 24.3 Å². The maximum atomic E-state index is 12.0. The molecule has 0 aromatic carbocycles. The van der Waals surface area contributed by atoms with Crippen LogP contribution in [0, 0.1) is 5.92 Å². The molecule has 0 radical (unpaired) electrons. The van der Waals surface area contributed by atoms with Crippen LogP contribution in [0.2, 0.25) is 0 Å². The molecule has 1 aliphatic heterocycles. The first-order chi connectivity index (χ1) is 8.09. The number of rotatable bonds is 3. The number of hydrogen-bond acceptors (Lipinski definition) is 2. The predicted octanol–water partition coefficient (Wildman–Crippen LogP) is 1.58. The van der Waals surface area contributed by atoms with E-state index in [9.17, 15) is 9.59 Å². The molecule has 4 nitrogen and oxygen atoms in total. The van der Waals surface area contributed by atoms with Crippen molar-refractivity contribution in [1.82, 2.24) is 4.90 Å². The van der Waals surface area contributed by atoms with Crippen LogP contribution in [0.4, 0.5) is 0 Å². The molecule has 92 valence electrons. The lowest BCUT2D eigenvalue weighted by molar-refractivity contribution is -0.141. The number of amides is 1. The monoisotopic (exact) mass is 235 g/mol. The van der Waals surface area contributed by atoms with Gasteiger partial charge in [0.15, 0.2) is 0 Å². The molecule has 17 heavy (non-hydrogen) atoms. The van der Waals surface area contributed by atoms with Crippen molar-refractivity contribution in [1.29, 1.82) is 0 Å². The van der Waals surface area contributed by atoms with Gasteiger partial charge in [0.25, 0.3) is 0 Å². The van der Waals surface area contributed by atoms with Crippen molar-refractivity contribution in [2.24, 2.45) is 5.92 Å². The van der Waals surface area contributed by atoms with Gasteiger partial charge in [-0.25, -0.2) is 0 Å². The molecular formula is C13H17NO3. The third-order valence-corrected chi connectivity index (χ3v) is 3.75. The number of aliphatic carboxylic acids is 1. The Morgan fingerprint density at radius 2 is 2.35 bits per heavy atom. The molecule has 0 aromatic rings. The number of carboxylic acid groups (broad SMARTS) is 1. The standard InChI is InChI=1S/C13H17NO3/c1-2-13(6-4-3-5-7-13)14-9-10(12(16)17)8-11(14)15/h3-6,10H,2,7-9H2,1H3,(H,16,17)/t10-,13+/m0/s1. The van der Waals surface area contributed by atoms with E-state index in [1.165, 1.54) is 0 Å². The van der Waals surface area contributed by atoms with E-state index in [-0.39, 0.29) is 17.9 Å². The second-order valence-electron chi connectivity index (χ2n) is 4.69. The smallest absolute Gasteiger partial charge is 0.308 e. The maximum Gasteiger partial charge on any atom is 0.308 e. The lowest BCUT2D eigenvalue weighted by Crippen LogP contribution is -2.48. The van der Waals surface area contributed by atoms with Gasteiger partial charge in [0.05, 0.1) is 11.5 Å². The highest BCUT2D eigenvalue weighted by atomic mass is 16.4. The van der Waals surface area contributed by atoms with Crippen molar-refractivity contribution in [2.75, 3.05) is 6.54 Å². The summed E-state index contributed by atoms with van der Waals surface area (Å²) in [6.07, 6.45) is 9.68. The van der Waals surface area contributed by atoms with Crippen LogP contribution in [0.3, 0.4) is 0 Å².